The fourth-order valence-corrected chi connectivity index (χ4v) is 1.17. The molecule has 0 fully saturated rings. The summed E-state index contributed by atoms with van der Waals surface area (Å²) in [6, 6.07) is 7.07. The average Bonchev–Trinajstić information content (AvgIpc) is 2.22. The van der Waals surface area contributed by atoms with Gasteiger partial charge in [0.25, 0.3) is 0 Å². The molecule has 0 spiro atoms. The molecular weight excluding hydrogens is 192 g/mol. The summed E-state index contributed by atoms with van der Waals surface area (Å²) < 4.78 is 4.86. The smallest absolute Gasteiger partial charge is 0.224 e. The van der Waals surface area contributed by atoms with Crippen molar-refractivity contribution in [3.63, 3.8) is 0 Å². The van der Waals surface area contributed by atoms with Crippen molar-refractivity contribution in [1.29, 1.82) is 0 Å². The Balaban J connectivity index is 2.34. The highest BCUT2D eigenvalue weighted by atomic mass is 16.5. The molecule has 0 saturated heterocycles. The standard InChI is InChI=1S/C11H16N2O2/c1-15-8-2-3-11(14)13-10-6-4-9(12)5-7-10/h4-7H,2-3,8,12H2,1H3,(H,13,14). The predicted octanol–water partition coefficient (Wildman–Crippen LogP) is 1.63. The van der Waals surface area contributed by atoms with E-state index in [0.717, 1.165) is 12.1 Å². The van der Waals surface area contributed by atoms with Crippen molar-refractivity contribution in [3.8, 4) is 0 Å². The van der Waals surface area contributed by atoms with Crippen LogP contribution in [-0.2, 0) is 9.53 Å². The van der Waals surface area contributed by atoms with Gasteiger partial charge in [-0.3, -0.25) is 4.79 Å². The van der Waals surface area contributed by atoms with E-state index in [-0.39, 0.29) is 5.91 Å². The first kappa shape index (κ1) is 11.5. The topological polar surface area (TPSA) is 64.3 Å². The van der Waals surface area contributed by atoms with Crippen molar-refractivity contribution in [2.45, 2.75) is 12.8 Å². The van der Waals surface area contributed by atoms with Gasteiger partial charge in [0, 0.05) is 31.5 Å². The molecule has 1 aromatic rings. The number of rotatable bonds is 5. The van der Waals surface area contributed by atoms with Crippen LogP contribution < -0.4 is 11.1 Å². The zero-order chi connectivity index (χ0) is 11.1. The minimum atomic E-state index is -0.00294. The van der Waals surface area contributed by atoms with Crippen LogP contribution in [0.4, 0.5) is 11.4 Å². The lowest BCUT2D eigenvalue weighted by atomic mass is 10.2. The minimum Gasteiger partial charge on any atom is -0.399 e. The van der Waals surface area contributed by atoms with Crippen molar-refractivity contribution >= 4 is 17.3 Å². The molecule has 1 rings (SSSR count). The van der Waals surface area contributed by atoms with E-state index < -0.39 is 0 Å². The highest BCUT2D eigenvalue weighted by Crippen LogP contribution is 2.10. The molecule has 4 heteroatoms. The third-order valence-corrected chi connectivity index (χ3v) is 1.95. The Morgan fingerprint density at radius 1 is 1.40 bits per heavy atom. The van der Waals surface area contributed by atoms with E-state index in [1.54, 1.807) is 31.4 Å². The van der Waals surface area contributed by atoms with E-state index in [1.807, 2.05) is 0 Å². The fraction of sp³-hybridized carbons (Fsp3) is 0.364. The lowest BCUT2D eigenvalue weighted by Crippen LogP contribution is -2.11. The lowest BCUT2D eigenvalue weighted by Gasteiger charge is -2.04. The number of carbonyl (C=O) groups is 1. The Hall–Kier alpha value is -1.55. The van der Waals surface area contributed by atoms with Crippen molar-refractivity contribution in [1.82, 2.24) is 0 Å². The van der Waals surface area contributed by atoms with Gasteiger partial charge >= 0.3 is 0 Å². The van der Waals surface area contributed by atoms with Gasteiger partial charge in [-0.2, -0.15) is 0 Å². The van der Waals surface area contributed by atoms with Crippen LogP contribution in [0.1, 0.15) is 12.8 Å². The number of amides is 1. The predicted molar refractivity (Wildman–Crippen MR) is 60.6 cm³/mol. The number of hydrogen-bond acceptors (Lipinski definition) is 3. The number of nitrogens with one attached hydrogen (secondary N) is 1. The van der Waals surface area contributed by atoms with Crippen LogP contribution in [0.5, 0.6) is 0 Å². The molecule has 0 aliphatic heterocycles. The summed E-state index contributed by atoms with van der Waals surface area (Å²) in [5.41, 5.74) is 6.98. The number of methoxy groups -OCH3 is 1. The molecular formula is C11H16N2O2. The normalized spacial score (nSPS) is 9.93. The maximum Gasteiger partial charge on any atom is 0.224 e. The molecule has 0 atom stereocenters. The highest BCUT2D eigenvalue weighted by molar-refractivity contribution is 5.90. The van der Waals surface area contributed by atoms with Crippen LogP contribution in [-0.4, -0.2) is 19.6 Å². The van der Waals surface area contributed by atoms with Crippen LogP contribution in [0.15, 0.2) is 24.3 Å². The average molecular weight is 208 g/mol. The molecule has 1 amide bonds. The van der Waals surface area contributed by atoms with Crippen LogP contribution in [0.25, 0.3) is 0 Å². The van der Waals surface area contributed by atoms with Crippen molar-refractivity contribution in [2.24, 2.45) is 0 Å². The molecule has 0 radical (unpaired) electrons. The number of ether oxygens (including phenoxy) is 1. The monoisotopic (exact) mass is 208 g/mol. The first-order chi connectivity index (χ1) is 7.22. The summed E-state index contributed by atoms with van der Waals surface area (Å²) >= 11 is 0. The molecule has 4 nitrogen and oxygen atoms in total. The number of nitrogens with two attached hydrogens (primary N) is 1. The van der Waals surface area contributed by atoms with Crippen molar-refractivity contribution in [3.05, 3.63) is 24.3 Å². The maximum atomic E-state index is 11.4. The van der Waals surface area contributed by atoms with Gasteiger partial charge in [-0.15, -0.1) is 0 Å². The molecule has 15 heavy (non-hydrogen) atoms. The summed E-state index contributed by atoms with van der Waals surface area (Å²) in [6.45, 7) is 0.606. The van der Waals surface area contributed by atoms with E-state index in [2.05, 4.69) is 5.32 Å². The van der Waals surface area contributed by atoms with E-state index >= 15 is 0 Å². The van der Waals surface area contributed by atoms with Gasteiger partial charge in [-0.25, -0.2) is 0 Å². The molecule has 0 aliphatic rings. The van der Waals surface area contributed by atoms with Crippen LogP contribution in [0.3, 0.4) is 0 Å². The molecule has 0 saturated carbocycles. The van der Waals surface area contributed by atoms with Crippen molar-refractivity contribution < 1.29 is 9.53 Å². The quantitative estimate of drug-likeness (QED) is 0.571. The highest BCUT2D eigenvalue weighted by Gasteiger charge is 2.01. The molecule has 3 N–H and O–H groups in total. The number of anilines is 2. The summed E-state index contributed by atoms with van der Waals surface area (Å²) in [5, 5.41) is 2.78. The van der Waals surface area contributed by atoms with Crippen LogP contribution in [0, 0.1) is 0 Å². The van der Waals surface area contributed by atoms with Gasteiger partial charge < -0.3 is 15.8 Å². The Labute approximate surface area is 89.4 Å². The molecule has 82 valence electrons. The second-order valence-electron chi connectivity index (χ2n) is 3.27. The summed E-state index contributed by atoms with van der Waals surface area (Å²) in [5.74, 6) is -0.00294. The molecule has 0 bridgehead atoms. The second-order valence-corrected chi connectivity index (χ2v) is 3.27. The SMILES string of the molecule is COCCCC(=O)Nc1ccc(N)cc1. The van der Waals surface area contributed by atoms with Gasteiger partial charge in [0.2, 0.25) is 5.91 Å². The van der Waals surface area contributed by atoms with Crippen LogP contribution in [0.2, 0.25) is 0 Å². The number of benzene rings is 1. The Morgan fingerprint density at radius 2 is 2.07 bits per heavy atom. The van der Waals surface area contributed by atoms with Crippen molar-refractivity contribution in [2.75, 3.05) is 24.8 Å². The van der Waals surface area contributed by atoms with E-state index in [1.165, 1.54) is 0 Å². The summed E-state index contributed by atoms with van der Waals surface area (Å²) in [4.78, 5) is 11.4. The van der Waals surface area contributed by atoms with E-state index in [0.29, 0.717) is 18.7 Å². The minimum absolute atomic E-state index is 0.00294. The number of carbonyl (C=O) groups excluding carboxylic acids is 1. The van der Waals surface area contributed by atoms with E-state index in [4.69, 9.17) is 10.5 Å². The van der Waals surface area contributed by atoms with Gasteiger partial charge in [-0.05, 0) is 30.7 Å². The second kappa shape index (κ2) is 6.03. The first-order valence-electron chi connectivity index (χ1n) is 4.86. The number of nitrogen functional groups attached to an aromatic ring is 1. The van der Waals surface area contributed by atoms with Gasteiger partial charge in [-0.1, -0.05) is 0 Å². The lowest BCUT2D eigenvalue weighted by molar-refractivity contribution is -0.116. The largest absolute Gasteiger partial charge is 0.399 e. The third kappa shape index (κ3) is 4.46. The Bertz CT molecular complexity index is 309. The summed E-state index contributed by atoms with van der Waals surface area (Å²) in [6.07, 6.45) is 1.20. The molecule has 0 aliphatic carbocycles. The number of hydrogen-bond donors (Lipinski definition) is 2. The van der Waals surface area contributed by atoms with Crippen LogP contribution >= 0.6 is 0 Å². The zero-order valence-corrected chi connectivity index (χ0v) is 8.82. The summed E-state index contributed by atoms with van der Waals surface area (Å²) in [7, 11) is 1.62. The van der Waals surface area contributed by atoms with E-state index in [9.17, 15) is 4.79 Å². The zero-order valence-electron chi connectivity index (χ0n) is 8.82. The van der Waals surface area contributed by atoms with Gasteiger partial charge in [0.15, 0.2) is 0 Å². The Kier molecular flexibility index (Phi) is 4.63. The third-order valence-electron chi connectivity index (χ3n) is 1.95. The molecule has 0 heterocycles. The maximum absolute atomic E-state index is 11.4. The molecule has 0 aromatic heterocycles. The fourth-order valence-electron chi connectivity index (χ4n) is 1.17. The molecule has 1 aromatic carbocycles. The first-order valence-corrected chi connectivity index (χ1v) is 4.86. The van der Waals surface area contributed by atoms with Gasteiger partial charge in [0.1, 0.15) is 0 Å². The van der Waals surface area contributed by atoms with Gasteiger partial charge in [0.05, 0.1) is 0 Å². The Morgan fingerprint density at radius 3 is 2.67 bits per heavy atom. The molecule has 0 unspecified atom stereocenters.